The molecule has 1 amide bonds. The highest BCUT2D eigenvalue weighted by molar-refractivity contribution is 7.15. The SMILES string of the molecule is CCOC(=O)c1c(-c2ccccc2Cl)csc1NC(=O)COC(=O)c1ccc(C)s1. The first-order valence-corrected chi connectivity index (χ1v) is 11.0. The first-order valence-electron chi connectivity index (χ1n) is 8.97. The normalized spacial score (nSPS) is 10.5. The molecule has 2 aromatic heterocycles. The van der Waals surface area contributed by atoms with E-state index in [1.807, 2.05) is 6.92 Å². The van der Waals surface area contributed by atoms with E-state index in [0.29, 0.717) is 26.0 Å². The van der Waals surface area contributed by atoms with E-state index in [9.17, 15) is 14.4 Å². The Hall–Kier alpha value is -2.68. The number of carbonyl (C=O) groups is 3. The molecule has 2 heterocycles. The number of amides is 1. The van der Waals surface area contributed by atoms with Gasteiger partial charge in [-0.25, -0.2) is 9.59 Å². The van der Waals surface area contributed by atoms with Crippen LogP contribution < -0.4 is 5.32 Å². The smallest absolute Gasteiger partial charge is 0.348 e. The van der Waals surface area contributed by atoms with Crippen LogP contribution in [-0.4, -0.2) is 31.1 Å². The zero-order valence-electron chi connectivity index (χ0n) is 16.2. The molecule has 0 aliphatic rings. The molecular weight excluding hydrogens is 446 g/mol. The minimum Gasteiger partial charge on any atom is -0.462 e. The summed E-state index contributed by atoms with van der Waals surface area (Å²) in [5, 5.41) is 5.13. The van der Waals surface area contributed by atoms with Crippen LogP contribution in [0.15, 0.2) is 41.8 Å². The second-order valence-electron chi connectivity index (χ2n) is 6.09. The summed E-state index contributed by atoms with van der Waals surface area (Å²) in [6.45, 7) is 3.28. The number of hydrogen-bond donors (Lipinski definition) is 1. The van der Waals surface area contributed by atoms with Crippen molar-refractivity contribution >= 4 is 57.1 Å². The van der Waals surface area contributed by atoms with Gasteiger partial charge in [0, 0.05) is 26.4 Å². The molecule has 0 aliphatic heterocycles. The maximum absolute atomic E-state index is 12.6. The lowest BCUT2D eigenvalue weighted by atomic mass is 10.0. The molecule has 0 spiro atoms. The summed E-state index contributed by atoms with van der Waals surface area (Å²) >= 11 is 8.73. The molecule has 156 valence electrons. The molecule has 30 heavy (non-hydrogen) atoms. The number of benzene rings is 1. The molecule has 0 fully saturated rings. The van der Waals surface area contributed by atoms with Crippen LogP contribution in [0.4, 0.5) is 5.00 Å². The molecule has 1 aromatic carbocycles. The molecule has 6 nitrogen and oxygen atoms in total. The highest BCUT2D eigenvalue weighted by Gasteiger charge is 2.24. The van der Waals surface area contributed by atoms with Crippen molar-refractivity contribution in [2.75, 3.05) is 18.5 Å². The Labute approximate surface area is 186 Å². The summed E-state index contributed by atoms with van der Waals surface area (Å²) in [5.41, 5.74) is 1.42. The van der Waals surface area contributed by atoms with E-state index in [2.05, 4.69) is 5.32 Å². The quantitative estimate of drug-likeness (QED) is 0.474. The van der Waals surface area contributed by atoms with E-state index in [1.54, 1.807) is 48.7 Å². The molecule has 9 heteroatoms. The predicted molar refractivity (Wildman–Crippen MR) is 119 cm³/mol. The average Bonchev–Trinajstić information content (AvgIpc) is 3.33. The zero-order valence-corrected chi connectivity index (χ0v) is 18.6. The second-order valence-corrected chi connectivity index (χ2v) is 8.66. The first-order chi connectivity index (χ1) is 14.4. The molecule has 0 atom stereocenters. The van der Waals surface area contributed by atoms with Gasteiger partial charge in [-0.3, -0.25) is 4.79 Å². The van der Waals surface area contributed by atoms with Crippen LogP contribution in [0.25, 0.3) is 11.1 Å². The number of esters is 2. The lowest BCUT2D eigenvalue weighted by Crippen LogP contribution is -2.21. The van der Waals surface area contributed by atoms with Crippen molar-refractivity contribution < 1.29 is 23.9 Å². The molecule has 0 saturated carbocycles. The molecule has 3 rings (SSSR count). The number of hydrogen-bond acceptors (Lipinski definition) is 7. The number of halogens is 1. The van der Waals surface area contributed by atoms with Crippen molar-refractivity contribution in [3.63, 3.8) is 0 Å². The third kappa shape index (κ3) is 5.08. The van der Waals surface area contributed by atoms with Gasteiger partial charge in [-0.15, -0.1) is 22.7 Å². The van der Waals surface area contributed by atoms with E-state index in [4.69, 9.17) is 21.1 Å². The fourth-order valence-corrected chi connectivity index (χ4v) is 4.61. The van der Waals surface area contributed by atoms with Crippen molar-refractivity contribution in [1.29, 1.82) is 0 Å². The van der Waals surface area contributed by atoms with Crippen LogP contribution in [0, 0.1) is 6.92 Å². The first kappa shape index (κ1) is 22.0. The maximum Gasteiger partial charge on any atom is 0.348 e. The molecular formula is C21H18ClNO5S2. The van der Waals surface area contributed by atoms with Gasteiger partial charge in [0.25, 0.3) is 5.91 Å². The van der Waals surface area contributed by atoms with Crippen LogP contribution in [0.3, 0.4) is 0 Å². The third-order valence-electron chi connectivity index (χ3n) is 3.96. The Bertz CT molecular complexity index is 1090. The van der Waals surface area contributed by atoms with E-state index in [-0.39, 0.29) is 12.2 Å². The van der Waals surface area contributed by atoms with Gasteiger partial charge in [-0.2, -0.15) is 0 Å². The molecule has 3 aromatic rings. The average molecular weight is 464 g/mol. The monoisotopic (exact) mass is 463 g/mol. The Morgan fingerprint density at radius 2 is 1.80 bits per heavy atom. The van der Waals surface area contributed by atoms with Crippen molar-refractivity contribution in [3.05, 3.63) is 62.1 Å². The van der Waals surface area contributed by atoms with E-state index >= 15 is 0 Å². The Morgan fingerprint density at radius 1 is 1.03 bits per heavy atom. The Balaban J connectivity index is 1.78. The highest BCUT2D eigenvalue weighted by Crippen LogP contribution is 2.39. The van der Waals surface area contributed by atoms with Crippen molar-refractivity contribution in [3.8, 4) is 11.1 Å². The van der Waals surface area contributed by atoms with Crippen LogP contribution in [-0.2, 0) is 14.3 Å². The number of thiophene rings is 2. The predicted octanol–water partition coefficient (Wildman–Crippen LogP) is 5.41. The largest absolute Gasteiger partial charge is 0.462 e. The lowest BCUT2D eigenvalue weighted by molar-refractivity contribution is -0.119. The Morgan fingerprint density at radius 3 is 2.47 bits per heavy atom. The summed E-state index contributed by atoms with van der Waals surface area (Å²) in [6, 6.07) is 10.5. The van der Waals surface area contributed by atoms with Gasteiger partial charge in [0.05, 0.1) is 6.61 Å². The molecule has 0 radical (unpaired) electrons. The maximum atomic E-state index is 12.6. The van der Waals surface area contributed by atoms with Gasteiger partial charge < -0.3 is 14.8 Å². The molecule has 0 bridgehead atoms. The van der Waals surface area contributed by atoms with Crippen molar-refractivity contribution in [2.24, 2.45) is 0 Å². The van der Waals surface area contributed by atoms with Crippen molar-refractivity contribution in [2.45, 2.75) is 13.8 Å². The fourth-order valence-electron chi connectivity index (χ4n) is 2.64. The van der Waals surface area contributed by atoms with E-state index < -0.39 is 24.5 Å². The summed E-state index contributed by atoms with van der Waals surface area (Å²) in [7, 11) is 0. The van der Waals surface area contributed by atoms with Crippen molar-refractivity contribution in [1.82, 2.24) is 0 Å². The molecule has 0 saturated heterocycles. The Kier molecular flexibility index (Phi) is 7.25. The molecule has 1 N–H and O–H groups in total. The van der Waals surface area contributed by atoms with Gasteiger partial charge in [0.1, 0.15) is 15.4 Å². The lowest BCUT2D eigenvalue weighted by Gasteiger charge is -2.10. The number of rotatable bonds is 7. The van der Waals surface area contributed by atoms with Gasteiger partial charge in [0.15, 0.2) is 6.61 Å². The van der Waals surface area contributed by atoms with Gasteiger partial charge in [0.2, 0.25) is 0 Å². The standard InChI is InChI=1S/C21H18ClNO5S2/c1-3-27-21(26)18-14(13-6-4-5-7-15(13)22)11-29-19(18)23-17(24)10-28-20(25)16-9-8-12(2)30-16/h4-9,11H,3,10H2,1-2H3,(H,23,24). The van der Waals surface area contributed by atoms with Crippen LogP contribution in [0.1, 0.15) is 31.8 Å². The fraction of sp³-hybridized carbons (Fsp3) is 0.190. The van der Waals surface area contributed by atoms with E-state index in [1.165, 1.54) is 22.7 Å². The third-order valence-corrected chi connectivity index (χ3v) is 6.17. The minimum atomic E-state index is -0.574. The van der Waals surface area contributed by atoms with Gasteiger partial charge in [-0.1, -0.05) is 29.8 Å². The number of aryl methyl sites for hydroxylation is 1. The minimum absolute atomic E-state index is 0.182. The number of nitrogens with one attached hydrogen (secondary N) is 1. The summed E-state index contributed by atoms with van der Waals surface area (Å²) in [4.78, 5) is 38.3. The molecule has 0 aliphatic carbocycles. The second kappa shape index (κ2) is 9.88. The van der Waals surface area contributed by atoms with Crippen LogP contribution >= 0.6 is 34.3 Å². The summed E-state index contributed by atoms with van der Waals surface area (Å²) in [6.07, 6.45) is 0. The number of carbonyl (C=O) groups excluding carboxylic acids is 3. The van der Waals surface area contributed by atoms with Gasteiger partial charge in [-0.05, 0) is 32.0 Å². The van der Waals surface area contributed by atoms with E-state index in [0.717, 1.165) is 4.88 Å². The topological polar surface area (TPSA) is 81.7 Å². The van der Waals surface area contributed by atoms with Gasteiger partial charge >= 0.3 is 11.9 Å². The zero-order chi connectivity index (χ0) is 21.7. The van der Waals surface area contributed by atoms with Crippen LogP contribution in [0.2, 0.25) is 5.02 Å². The van der Waals surface area contributed by atoms with Crippen LogP contribution in [0.5, 0.6) is 0 Å². The summed E-state index contributed by atoms with van der Waals surface area (Å²) in [5.74, 6) is -1.71. The summed E-state index contributed by atoms with van der Waals surface area (Å²) < 4.78 is 10.2. The highest BCUT2D eigenvalue weighted by atomic mass is 35.5. The number of anilines is 1. The molecule has 0 unspecified atom stereocenters. The number of ether oxygens (including phenoxy) is 2.